The molecule has 3 rings (SSSR count). The van der Waals surface area contributed by atoms with Gasteiger partial charge in [-0.3, -0.25) is 9.69 Å². The molecule has 1 fully saturated rings. The molecule has 0 N–H and O–H groups in total. The monoisotopic (exact) mass is 348 g/mol. The second-order valence-corrected chi connectivity index (χ2v) is 6.29. The van der Waals surface area contributed by atoms with Gasteiger partial charge in [0.05, 0.1) is 11.7 Å². The first-order valence-electron chi connectivity index (χ1n) is 8.13. The van der Waals surface area contributed by atoms with Crippen molar-refractivity contribution in [1.82, 2.24) is 4.90 Å². The Balaban J connectivity index is 1.81. The van der Waals surface area contributed by atoms with Crippen LogP contribution in [0.5, 0.6) is 0 Å². The van der Waals surface area contributed by atoms with Gasteiger partial charge >= 0.3 is 0 Å². The number of halogens is 3. The summed E-state index contributed by atoms with van der Waals surface area (Å²) < 4.78 is 41.8. The van der Waals surface area contributed by atoms with Crippen LogP contribution in [0.25, 0.3) is 0 Å². The highest BCUT2D eigenvalue weighted by Gasteiger charge is 2.34. The second kappa shape index (κ2) is 6.88. The maximum Gasteiger partial charge on any atom is 0.244 e. The summed E-state index contributed by atoms with van der Waals surface area (Å²) in [7, 11) is 0. The van der Waals surface area contributed by atoms with E-state index in [1.807, 2.05) is 6.92 Å². The number of hydrogen-bond donors (Lipinski definition) is 0. The van der Waals surface area contributed by atoms with Gasteiger partial charge in [0.2, 0.25) is 5.91 Å². The van der Waals surface area contributed by atoms with Gasteiger partial charge < -0.3 is 4.90 Å². The summed E-state index contributed by atoms with van der Waals surface area (Å²) >= 11 is 0. The number of rotatable bonds is 3. The zero-order valence-electron chi connectivity index (χ0n) is 14.1. The maximum atomic E-state index is 14.1. The molecule has 0 bridgehead atoms. The lowest BCUT2D eigenvalue weighted by atomic mass is 10.1. The molecule has 1 saturated heterocycles. The fourth-order valence-electron chi connectivity index (χ4n) is 3.09. The van der Waals surface area contributed by atoms with E-state index in [1.54, 1.807) is 24.0 Å². The molecule has 132 valence electrons. The molecule has 1 heterocycles. The lowest BCUT2D eigenvalue weighted by molar-refractivity contribution is -0.125. The minimum absolute atomic E-state index is 0.00441. The first-order chi connectivity index (χ1) is 11.9. The molecule has 2 aromatic carbocycles. The van der Waals surface area contributed by atoms with Crippen molar-refractivity contribution in [3.05, 3.63) is 65.0 Å². The number of amides is 1. The third kappa shape index (κ3) is 3.39. The molecule has 1 amide bonds. The van der Waals surface area contributed by atoms with Crippen molar-refractivity contribution in [2.24, 2.45) is 0 Å². The zero-order chi connectivity index (χ0) is 18.1. The van der Waals surface area contributed by atoms with Crippen LogP contribution in [-0.4, -0.2) is 29.9 Å². The van der Waals surface area contributed by atoms with Crippen molar-refractivity contribution < 1.29 is 18.0 Å². The van der Waals surface area contributed by atoms with Gasteiger partial charge in [0.1, 0.15) is 17.5 Å². The second-order valence-electron chi connectivity index (χ2n) is 6.29. The van der Waals surface area contributed by atoms with E-state index in [9.17, 15) is 18.0 Å². The zero-order valence-corrected chi connectivity index (χ0v) is 14.1. The van der Waals surface area contributed by atoms with E-state index >= 15 is 0 Å². The molecular formula is C19H19F3N2O. The van der Waals surface area contributed by atoms with Gasteiger partial charge in [-0.05, 0) is 43.7 Å². The maximum absolute atomic E-state index is 14.1. The van der Waals surface area contributed by atoms with Gasteiger partial charge in [-0.1, -0.05) is 12.1 Å². The summed E-state index contributed by atoms with van der Waals surface area (Å²) in [5.41, 5.74) is 1.04. The van der Waals surface area contributed by atoms with Gasteiger partial charge in [-0.25, -0.2) is 13.2 Å². The van der Waals surface area contributed by atoms with Crippen LogP contribution in [0.2, 0.25) is 0 Å². The fourth-order valence-corrected chi connectivity index (χ4v) is 3.09. The number of carbonyl (C=O) groups is 1. The van der Waals surface area contributed by atoms with Crippen molar-refractivity contribution in [1.29, 1.82) is 0 Å². The van der Waals surface area contributed by atoms with Gasteiger partial charge in [0.25, 0.3) is 0 Å². The smallest absolute Gasteiger partial charge is 0.244 e. The SMILES string of the molecule is Cc1ccc(F)c(N2CCN(Cc3c(F)cccc3F)[C@H](C)C2=O)c1. The molecule has 1 atom stereocenters. The summed E-state index contributed by atoms with van der Waals surface area (Å²) in [6, 6.07) is 7.71. The summed E-state index contributed by atoms with van der Waals surface area (Å²) in [5, 5.41) is 0. The normalized spacial score (nSPS) is 18.7. The van der Waals surface area contributed by atoms with Crippen LogP contribution in [0.3, 0.4) is 0 Å². The predicted octanol–water partition coefficient (Wildman–Crippen LogP) is 3.65. The Labute approximate surface area is 144 Å². The van der Waals surface area contributed by atoms with Gasteiger partial charge in [-0.2, -0.15) is 0 Å². The van der Waals surface area contributed by atoms with Gasteiger partial charge in [0.15, 0.2) is 0 Å². The van der Waals surface area contributed by atoms with E-state index < -0.39 is 23.5 Å². The first-order valence-corrected chi connectivity index (χ1v) is 8.13. The van der Waals surface area contributed by atoms with Crippen LogP contribution in [-0.2, 0) is 11.3 Å². The predicted molar refractivity (Wildman–Crippen MR) is 89.7 cm³/mol. The van der Waals surface area contributed by atoms with Crippen molar-refractivity contribution in [2.75, 3.05) is 18.0 Å². The number of anilines is 1. The summed E-state index contributed by atoms with van der Waals surface area (Å²) in [6.45, 7) is 4.15. The Morgan fingerprint density at radius 3 is 2.40 bits per heavy atom. The number of carbonyl (C=O) groups excluding carboxylic acids is 1. The van der Waals surface area contributed by atoms with Crippen molar-refractivity contribution >= 4 is 11.6 Å². The lowest BCUT2D eigenvalue weighted by Crippen LogP contribution is -2.55. The molecule has 1 aliphatic rings. The number of nitrogens with zero attached hydrogens (tertiary/aromatic N) is 2. The summed E-state index contributed by atoms with van der Waals surface area (Å²) in [6.07, 6.45) is 0. The van der Waals surface area contributed by atoms with Crippen molar-refractivity contribution in [3.8, 4) is 0 Å². The minimum Gasteiger partial charge on any atom is -0.307 e. The third-order valence-corrected chi connectivity index (χ3v) is 4.60. The Bertz CT molecular complexity index is 789. The summed E-state index contributed by atoms with van der Waals surface area (Å²) in [5.74, 6) is -2.01. The van der Waals surface area contributed by atoms with E-state index in [1.165, 1.54) is 29.2 Å². The third-order valence-electron chi connectivity index (χ3n) is 4.60. The highest BCUT2D eigenvalue weighted by molar-refractivity contribution is 5.97. The van der Waals surface area contributed by atoms with E-state index in [2.05, 4.69) is 0 Å². The molecule has 0 aromatic heterocycles. The van der Waals surface area contributed by atoms with Crippen molar-refractivity contribution in [3.63, 3.8) is 0 Å². The molecule has 0 saturated carbocycles. The topological polar surface area (TPSA) is 23.6 Å². The molecule has 1 aliphatic heterocycles. The highest BCUT2D eigenvalue weighted by Crippen LogP contribution is 2.26. The average molecular weight is 348 g/mol. The molecule has 6 heteroatoms. The number of piperazine rings is 1. The Morgan fingerprint density at radius 1 is 1.04 bits per heavy atom. The molecule has 0 aliphatic carbocycles. The molecule has 0 spiro atoms. The van der Waals surface area contributed by atoms with Crippen LogP contribution in [0.15, 0.2) is 36.4 Å². The standard InChI is InChI=1S/C19H19F3N2O/c1-12-6-7-17(22)18(10-12)24-9-8-23(13(2)19(24)25)11-14-15(20)4-3-5-16(14)21/h3-7,10,13H,8-9,11H2,1-2H3/t13-/m1/s1. The minimum atomic E-state index is -0.633. The molecule has 25 heavy (non-hydrogen) atoms. The van der Waals surface area contributed by atoms with Crippen LogP contribution < -0.4 is 4.90 Å². The number of benzene rings is 2. The lowest BCUT2D eigenvalue weighted by Gasteiger charge is -2.39. The largest absolute Gasteiger partial charge is 0.307 e. The van der Waals surface area contributed by atoms with Crippen LogP contribution in [0.1, 0.15) is 18.1 Å². The van der Waals surface area contributed by atoms with Crippen LogP contribution in [0.4, 0.5) is 18.9 Å². The van der Waals surface area contributed by atoms with E-state index in [4.69, 9.17) is 0 Å². The molecular weight excluding hydrogens is 329 g/mol. The Kier molecular flexibility index (Phi) is 4.81. The van der Waals surface area contributed by atoms with Crippen LogP contribution in [0, 0.1) is 24.4 Å². The van der Waals surface area contributed by atoms with Gasteiger partial charge in [-0.15, -0.1) is 0 Å². The van der Waals surface area contributed by atoms with Crippen LogP contribution >= 0.6 is 0 Å². The van der Waals surface area contributed by atoms with Crippen molar-refractivity contribution in [2.45, 2.75) is 26.4 Å². The fraction of sp³-hybridized carbons (Fsp3) is 0.316. The highest BCUT2D eigenvalue weighted by atomic mass is 19.1. The molecule has 0 unspecified atom stereocenters. The molecule has 0 radical (unpaired) electrons. The van der Waals surface area contributed by atoms with E-state index in [-0.39, 0.29) is 30.2 Å². The van der Waals surface area contributed by atoms with Gasteiger partial charge in [0, 0.05) is 25.2 Å². The van der Waals surface area contributed by atoms with E-state index in [0.717, 1.165) is 5.56 Å². The quantitative estimate of drug-likeness (QED) is 0.845. The number of aryl methyl sites for hydroxylation is 1. The average Bonchev–Trinajstić information content (AvgIpc) is 2.57. The molecule has 2 aromatic rings. The molecule has 3 nitrogen and oxygen atoms in total. The Hall–Kier alpha value is -2.34. The summed E-state index contributed by atoms with van der Waals surface area (Å²) in [4.78, 5) is 15.8. The van der Waals surface area contributed by atoms with E-state index in [0.29, 0.717) is 6.54 Å². The Morgan fingerprint density at radius 2 is 1.72 bits per heavy atom. The number of hydrogen-bond acceptors (Lipinski definition) is 2. The first kappa shape index (κ1) is 17.5.